The number of carbonyl (C=O) groups is 2. The van der Waals surface area contributed by atoms with Crippen LogP contribution < -0.4 is 4.90 Å². The summed E-state index contributed by atoms with van der Waals surface area (Å²) in [5, 5.41) is 9.04. The standard InChI is InChI=1S/C18H23F3N2O4/c1-17(2,3)27-16(26)23-8-6-22(7-9-23)14-5-4-12(15(24)25)10-13(14)11-18(19,20)21/h4-5,10H,6-9,11H2,1-3H3,(H,24,25). The molecule has 1 aliphatic heterocycles. The van der Waals surface area contributed by atoms with Crippen LogP contribution in [0.15, 0.2) is 18.2 Å². The first-order valence-corrected chi connectivity index (χ1v) is 8.51. The lowest BCUT2D eigenvalue weighted by Crippen LogP contribution is -2.50. The number of alkyl halides is 3. The minimum Gasteiger partial charge on any atom is -0.478 e. The van der Waals surface area contributed by atoms with Gasteiger partial charge in [-0.2, -0.15) is 13.2 Å². The highest BCUT2D eigenvalue weighted by molar-refractivity contribution is 5.88. The zero-order chi connectivity index (χ0) is 20.4. The molecule has 1 aromatic carbocycles. The molecule has 1 saturated heterocycles. The van der Waals surface area contributed by atoms with E-state index in [4.69, 9.17) is 9.84 Å². The maximum absolute atomic E-state index is 12.9. The van der Waals surface area contributed by atoms with Crippen LogP contribution in [-0.4, -0.2) is 60.0 Å². The van der Waals surface area contributed by atoms with Crippen molar-refractivity contribution in [3.8, 4) is 0 Å². The van der Waals surface area contributed by atoms with Gasteiger partial charge in [0.2, 0.25) is 0 Å². The number of halogens is 3. The Balaban J connectivity index is 2.15. The molecule has 0 aliphatic carbocycles. The number of hydrogen-bond acceptors (Lipinski definition) is 4. The van der Waals surface area contributed by atoms with Gasteiger partial charge in [0.05, 0.1) is 12.0 Å². The van der Waals surface area contributed by atoms with Gasteiger partial charge in [-0.05, 0) is 44.5 Å². The van der Waals surface area contributed by atoms with Gasteiger partial charge < -0.3 is 19.6 Å². The summed E-state index contributed by atoms with van der Waals surface area (Å²) in [4.78, 5) is 26.4. The molecule has 0 radical (unpaired) electrons. The number of carboxylic acids is 1. The number of benzene rings is 1. The number of anilines is 1. The summed E-state index contributed by atoms with van der Waals surface area (Å²) >= 11 is 0. The second-order valence-electron chi connectivity index (χ2n) is 7.40. The molecule has 0 saturated carbocycles. The van der Waals surface area contributed by atoms with Gasteiger partial charge in [0.25, 0.3) is 0 Å². The van der Waals surface area contributed by atoms with Gasteiger partial charge in [0.15, 0.2) is 0 Å². The van der Waals surface area contributed by atoms with Gasteiger partial charge in [0, 0.05) is 31.9 Å². The molecule has 1 aliphatic rings. The molecule has 9 heteroatoms. The quantitative estimate of drug-likeness (QED) is 0.858. The molecule has 1 amide bonds. The van der Waals surface area contributed by atoms with Crippen LogP contribution in [-0.2, 0) is 11.2 Å². The molecule has 1 aromatic rings. The lowest BCUT2D eigenvalue weighted by molar-refractivity contribution is -0.127. The van der Waals surface area contributed by atoms with Gasteiger partial charge in [-0.3, -0.25) is 0 Å². The molecule has 0 bridgehead atoms. The summed E-state index contributed by atoms with van der Waals surface area (Å²) in [7, 11) is 0. The van der Waals surface area contributed by atoms with Gasteiger partial charge in [0.1, 0.15) is 5.60 Å². The van der Waals surface area contributed by atoms with Crippen LogP contribution in [0.1, 0.15) is 36.7 Å². The number of amides is 1. The summed E-state index contributed by atoms with van der Waals surface area (Å²) in [6.45, 7) is 6.55. The lowest BCUT2D eigenvalue weighted by atomic mass is 10.0. The maximum Gasteiger partial charge on any atom is 0.410 e. The Hall–Kier alpha value is -2.45. The second kappa shape index (κ2) is 7.66. The zero-order valence-electron chi connectivity index (χ0n) is 15.5. The molecular formula is C18H23F3N2O4. The van der Waals surface area contributed by atoms with Crippen LogP contribution in [0.4, 0.5) is 23.7 Å². The largest absolute Gasteiger partial charge is 0.478 e. The number of hydrogen-bond donors (Lipinski definition) is 1. The van der Waals surface area contributed by atoms with Crippen molar-refractivity contribution in [2.45, 2.75) is 39.0 Å². The Morgan fingerprint density at radius 1 is 1.11 bits per heavy atom. The molecule has 0 unspecified atom stereocenters. The number of ether oxygens (including phenoxy) is 1. The van der Waals surface area contributed by atoms with E-state index < -0.39 is 30.3 Å². The first-order valence-electron chi connectivity index (χ1n) is 8.51. The molecule has 6 nitrogen and oxygen atoms in total. The van der Waals surface area contributed by atoms with E-state index in [1.807, 2.05) is 0 Å². The molecular weight excluding hydrogens is 365 g/mol. The Kier molecular flexibility index (Phi) is 5.91. The zero-order valence-corrected chi connectivity index (χ0v) is 15.5. The lowest BCUT2D eigenvalue weighted by Gasteiger charge is -2.37. The molecule has 150 valence electrons. The van der Waals surface area contributed by atoms with Gasteiger partial charge in [-0.15, -0.1) is 0 Å². The van der Waals surface area contributed by atoms with E-state index in [1.165, 1.54) is 17.0 Å². The molecule has 0 aromatic heterocycles. The number of carbonyl (C=O) groups excluding carboxylic acids is 1. The number of piperazine rings is 1. The molecule has 1 N–H and O–H groups in total. The molecule has 27 heavy (non-hydrogen) atoms. The fourth-order valence-corrected chi connectivity index (χ4v) is 2.84. The van der Waals surface area contributed by atoms with Crippen molar-refractivity contribution < 1.29 is 32.6 Å². The van der Waals surface area contributed by atoms with Gasteiger partial charge in [-0.1, -0.05) is 0 Å². The third-order valence-corrected chi connectivity index (χ3v) is 3.99. The number of aromatic carboxylic acids is 1. The van der Waals surface area contributed by atoms with Crippen LogP contribution in [0.25, 0.3) is 0 Å². The molecule has 2 rings (SSSR count). The van der Waals surface area contributed by atoms with Crippen molar-refractivity contribution in [2.75, 3.05) is 31.1 Å². The predicted molar refractivity (Wildman–Crippen MR) is 93.2 cm³/mol. The van der Waals surface area contributed by atoms with E-state index in [-0.39, 0.29) is 11.1 Å². The number of nitrogens with zero attached hydrogens (tertiary/aromatic N) is 2. The molecule has 1 fully saturated rings. The Bertz CT molecular complexity index is 706. The van der Waals surface area contributed by atoms with E-state index in [9.17, 15) is 22.8 Å². The van der Waals surface area contributed by atoms with Gasteiger partial charge in [-0.25, -0.2) is 9.59 Å². The highest BCUT2D eigenvalue weighted by atomic mass is 19.4. The highest BCUT2D eigenvalue weighted by Gasteiger charge is 2.32. The van der Waals surface area contributed by atoms with E-state index in [0.29, 0.717) is 31.9 Å². The van der Waals surface area contributed by atoms with Crippen LogP contribution in [0.3, 0.4) is 0 Å². The highest BCUT2D eigenvalue weighted by Crippen LogP contribution is 2.30. The monoisotopic (exact) mass is 388 g/mol. The van der Waals surface area contributed by atoms with Crippen LogP contribution in [0, 0.1) is 0 Å². The van der Waals surface area contributed by atoms with Crippen LogP contribution in [0.2, 0.25) is 0 Å². The van der Waals surface area contributed by atoms with Crippen LogP contribution in [0.5, 0.6) is 0 Å². The van der Waals surface area contributed by atoms with Gasteiger partial charge >= 0.3 is 18.2 Å². The van der Waals surface area contributed by atoms with Crippen molar-refractivity contribution in [3.05, 3.63) is 29.3 Å². The average Bonchev–Trinajstić information content (AvgIpc) is 2.51. The van der Waals surface area contributed by atoms with Crippen molar-refractivity contribution in [1.29, 1.82) is 0 Å². The Morgan fingerprint density at radius 2 is 1.70 bits per heavy atom. The van der Waals surface area contributed by atoms with E-state index in [0.717, 1.165) is 6.07 Å². The molecule has 0 atom stereocenters. The number of rotatable bonds is 3. The minimum atomic E-state index is -4.45. The predicted octanol–water partition coefficient (Wildman–Crippen LogP) is 3.55. The summed E-state index contributed by atoms with van der Waals surface area (Å²) in [5.74, 6) is -1.28. The summed E-state index contributed by atoms with van der Waals surface area (Å²) in [5.41, 5.74) is -0.569. The van der Waals surface area contributed by atoms with E-state index in [2.05, 4.69) is 0 Å². The van der Waals surface area contributed by atoms with Crippen LogP contribution >= 0.6 is 0 Å². The van der Waals surface area contributed by atoms with Crippen molar-refractivity contribution in [1.82, 2.24) is 4.90 Å². The fourth-order valence-electron chi connectivity index (χ4n) is 2.84. The molecule has 1 heterocycles. The smallest absolute Gasteiger partial charge is 0.410 e. The summed E-state index contributed by atoms with van der Waals surface area (Å²) < 4.78 is 44.0. The van der Waals surface area contributed by atoms with E-state index >= 15 is 0 Å². The third kappa shape index (κ3) is 6.04. The first kappa shape index (κ1) is 20.9. The second-order valence-corrected chi connectivity index (χ2v) is 7.40. The Labute approximate surface area is 155 Å². The first-order chi connectivity index (χ1) is 12.4. The SMILES string of the molecule is CC(C)(C)OC(=O)N1CCN(c2ccc(C(=O)O)cc2CC(F)(F)F)CC1. The topological polar surface area (TPSA) is 70.1 Å². The maximum atomic E-state index is 12.9. The minimum absolute atomic E-state index is 0.0897. The molecule has 0 spiro atoms. The fraction of sp³-hybridized carbons (Fsp3) is 0.556. The van der Waals surface area contributed by atoms with Crippen molar-refractivity contribution in [3.63, 3.8) is 0 Å². The third-order valence-electron chi connectivity index (χ3n) is 3.99. The van der Waals surface area contributed by atoms with Crippen molar-refractivity contribution in [2.24, 2.45) is 0 Å². The average molecular weight is 388 g/mol. The Morgan fingerprint density at radius 3 is 2.19 bits per heavy atom. The summed E-state index contributed by atoms with van der Waals surface area (Å²) in [6, 6.07) is 3.75. The normalized spacial score (nSPS) is 15.6. The summed E-state index contributed by atoms with van der Waals surface area (Å²) in [6.07, 6.45) is -6.13. The van der Waals surface area contributed by atoms with E-state index in [1.54, 1.807) is 25.7 Å². The van der Waals surface area contributed by atoms with Crippen molar-refractivity contribution >= 4 is 17.7 Å². The number of carboxylic acid groups (broad SMARTS) is 1.